The zero-order valence-electron chi connectivity index (χ0n) is 13.3. The van der Waals surface area contributed by atoms with Crippen LogP contribution in [-0.4, -0.2) is 4.98 Å². The zero-order chi connectivity index (χ0) is 16.1. The number of fused-ring (bicyclic) bond motifs is 4. The van der Waals surface area contributed by atoms with Crippen molar-refractivity contribution in [2.75, 3.05) is 0 Å². The van der Waals surface area contributed by atoms with Crippen molar-refractivity contribution in [2.45, 2.75) is 6.92 Å². The van der Waals surface area contributed by atoms with Crippen molar-refractivity contribution < 1.29 is 0 Å². The molecule has 114 valence electrons. The molecule has 0 saturated carbocycles. The molecule has 0 bridgehead atoms. The summed E-state index contributed by atoms with van der Waals surface area (Å²) in [5.74, 6) is 0. The third-order valence-electron chi connectivity index (χ3n) is 4.62. The lowest BCUT2D eigenvalue weighted by Crippen LogP contribution is -1.89. The van der Waals surface area contributed by atoms with E-state index in [0.717, 1.165) is 11.2 Å². The van der Waals surface area contributed by atoms with E-state index in [1.165, 1.54) is 36.7 Å². The summed E-state index contributed by atoms with van der Waals surface area (Å²) in [7, 11) is 0. The first-order valence-electron chi connectivity index (χ1n) is 8.08. The van der Waals surface area contributed by atoms with Crippen LogP contribution in [0.4, 0.5) is 0 Å². The first-order valence-corrected chi connectivity index (χ1v) is 8.90. The quantitative estimate of drug-likeness (QED) is 0.339. The summed E-state index contributed by atoms with van der Waals surface area (Å²) in [4.78, 5) is 4.96. The maximum atomic E-state index is 4.96. The Balaban J connectivity index is 1.86. The van der Waals surface area contributed by atoms with Gasteiger partial charge < -0.3 is 0 Å². The number of hydrogen-bond donors (Lipinski definition) is 0. The van der Waals surface area contributed by atoms with E-state index in [9.17, 15) is 0 Å². The van der Waals surface area contributed by atoms with Gasteiger partial charge in [0.1, 0.15) is 0 Å². The highest BCUT2D eigenvalue weighted by Gasteiger charge is 2.12. The van der Waals surface area contributed by atoms with Crippen molar-refractivity contribution in [3.05, 3.63) is 78.5 Å². The molecule has 0 spiro atoms. The Labute approximate surface area is 144 Å². The van der Waals surface area contributed by atoms with E-state index < -0.39 is 0 Å². The molecule has 5 aromatic rings. The van der Waals surface area contributed by atoms with E-state index in [-0.39, 0.29) is 0 Å². The molecule has 2 heterocycles. The number of thiophene rings is 1. The summed E-state index contributed by atoms with van der Waals surface area (Å²) in [6, 6.07) is 25.9. The van der Waals surface area contributed by atoms with E-state index >= 15 is 0 Å². The fraction of sp³-hybridized carbons (Fsp3) is 0.0455. The normalized spacial score (nSPS) is 11.5. The molecule has 0 N–H and O–H groups in total. The Morgan fingerprint density at radius 1 is 0.708 bits per heavy atom. The van der Waals surface area contributed by atoms with E-state index in [1.54, 1.807) is 0 Å². The highest BCUT2D eigenvalue weighted by Crippen LogP contribution is 2.37. The fourth-order valence-electron chi connectivity index (χ4n) is 3.46. The van der Waals surface area contributed by atoms with Crippen LogP contribution in [0.2, 0.25) is 0 Å². The second kappa shape index (κ2) is 5.15. The van der Waals surface area contributed by atoms with E-state index in [4.69, 9.17) is 4.98 Å². The number of nitrogens with zero attached hydrogens (tertiary/aromatic N) is 1. The number of benzene rings is 3. The minimum absolute atomic E-state index is 1.09. The van der Waals surface area contributed by atoms with Crippen molar-refractivity contribution in [3.63, 3.8) is 0 Å². The lowest BCUT2D eigenvalue weighted by Gasteiger charge is -2.09. The minimum atomic E-state index is 1.09. The number of hydrogen-bond acceptors (Lipinski definition) is 2. The molecule has 3 aromatic carbocycles. The van der Waals surface area contributed by atoms with E-state index in [1.807, 2.05) is 11.3 Å². The average Bonchev–Trinajstić information content (AvgIpc) is 2.98. The Kier molecular flexibility index (Phi) is 2.94. The fourth-order valence-corrected chi connectivity index (χ4v) is 4.55. The summed E-state index contributed by atoms with van der Waals surface area (Å²) in [6.07, 6.45) is 0. The lowest BCUT2D eigenvalue weighted by atomic mass is 9.97. The monoisotopic (exact) mass is 325 g/mol. The number of pyridine rings is 1. The Morgan fingerprint density at radius 2 is 1.46 bits per heavy atom. The molecule has 1 nitrogen and oxygen atoms in total. The van der Waals surface area contributed by atoms with Crippen LogP contribution in [0, 0.1) is 6.92 Å². The molecule has 0 amide bonds. The molecular weight excluding hydrogens is 310 g/mol. The molecule has 0 aliphatic carbocycles. The van der Waals surface area contributed by atoms with Crippen LogP contribution in [0.3, 0.4) is 0 Å². The molecule has 0 aliphatic rings. The molecule has 2 aromatic heterocycles. The maximum Gasteiger partial charge on any atom is 0.0892 e. The zero-order valence-corrected chi connectivity index (χ0v) is 14.1. The van der Waals surface area contributed by atoms with Crippen LogP contribution in [-0.2, 0) is 0 Å². The summed E-state index contributed by atoms with van der Waals surface area (Å²) >= 11 is 1.82. The van der Waals surface area contributed by atoms with E-state index in [2.05, 4.69) is 79.7 Å². The summed E-state index contributed by atoms with van der Waals surface area (Å²) < 4.78 is 2.55. The molecule has 0 aliphatic heterocycles. The molecule has 24 heavy (non-hydrogen) atoms. The molecular formula is C22H15NS. The molecule has 0 saturated heterocycles. The van der Waals surface area contributed by atoms with Gasteiger partial charge >= 0.3 is 0 Å². The van der Waals surface area contributed by atoms with Crippen LogP contribution in [0.15, 0.2) is 72.8 Å². The topological polar surface area (TPSA) is 12.9 Å². The standard InChI is InChI=1S/C22H15NS/c1-14-19(17-11-6-8-15-7-2-3-9-16(15)17)13-21-22(23-14)18-10-4-5-12-20(18)24-21/h2-13H,1H3. The van der Waals surface area contributed by atoms with Gasteiger partial charge in [0.15, 0.2) is 0 Å². The second-order valence-electron chi connectivity index (χ2n) is 6.09. The Bertz CT molecular complexity index is 1210. The van der Waals surface area contributed by atoms with E-state index in [0.29, 0.717) is 0 Å². The largest absolute Gasteiger partial charge is 0.251 e. The van der Waals surface area contributed by atoms with Gasteiger partial charge in [0.2, 0.25) is 0 Å². The Hall–Kier alpha value is -2.71. The predicted molar refractivity (Wildman–Crippen MR) is 105 cm³/mol. The molecule has 0 radical (unpaired) electrons. The van der Waals surface area contributed by atoms with Crippen molar-refractivity contribution in [1.82, 2.24) is 4.98 Å². The molecule has 0 fully saturated rings. The first kappa shape index (κ1) is 13.7. The summed E-state index contributed by atoms with van der Waals surface area (Å²) in [5, 5.41) is 3.81. The second-order valence-corrected chi connectivity index (χ2v) is 7.18. The van der Waals surface area contributed by atoms with Crippen molar-refractivity contribution >= 4 is 42.4 Å². The highest BCUT2D eigenvalue weighted by molar-refractivity contribution is 7.25. The number of aryl methyl sites for hydroxylation is 1. The number of aromatic nitrogens is 1. The number of rotatable bonds is 1. The van der Waals surface area contributed by atoms with Gasteiger partial charge in [0.25, 0.3) is 0 Å². The van der Waals surface area contributed by atoms with Crippen LogP contribution in [0.5, 0.6) is 0 Å². The third kappa shape index (κ3) is 1.97. The maximum absolute atomic E-state index is 4.96. The van der Waals surface area contributed by atoms with Gasteiger partial charge in [-0.2, -0.15) is 0 Å². The van der Waals surface area contributed by atoms with Gasteiger partial charge in [0.05, 0.1) is 10.2 Å². The van der Waals surface area contributed by atoms with Gasteiger partial charge in [-0.1, -0.05) is 60.7 Å². The lowest BCUT2D eigenvalue weighted by molar-refractivity contribution is 1.27. The van der Waals surface area contributed by atoms with Crippen LogP contribution >= 0.6 is 11.3 Å². The van der Waals surface area contributed by atoms with Crippen LogP contribution in [0.25, 0.3) is 42.2 Å². The van der Waals surface area contributed by atoms with Crippen molar-refractivity contribution in [2.24, 2.45) is 0 Å². The summed E-state index contributed by atoms with van der Waals surface area (Å²) in [6.45, 7) is 2.11. The Morgan fingerprint density at radius 3 is 2.38 bits per heavy atom. The smallest absolute Gasteiger partial charge is 0.0892 e. The van der Waals surface area contributed by atoms with Crippen molar-refractivity contribution in [3.8, 4) is 11.1 Å². The van der Waals surface area contributed by atoms with Gasteiger partial charge in [-0.25, -0.2) is 0 Å². The van der Waals surface area contributed by atoms with Crippen LogP contribution < -0.4 is 0 Å². The van der Waals surface area contributed by atoms with Crippen molar-refractivity contribution in [1.29, 1.82) is 0 Å². The van der Waals surface area contributed by atoms with Gasteiger partial charge in [-0.05, 0) is 35.4 Å². The van der Waals surface area contributed by atoms with Gasteiger partial charge in [-0.3, -0.25) is 4.98 Å². The summed E-state index contributed by atoms with van der Waals surface area (Å²) in [5.41, 5.74) is 4.70. The molecule has 0 atom stereocenters. The minimum Gasteiger partial charge on any atom is -0.251 e. The SMILES string of the molecule is Cc1nc2c(cc1-c1cccc3ccccc13)sc1ccccc12. The predicted octanol–water partition coefficient (Wildman–Crippen LogP) is 6.58. The first-order chi connectivity index (χ1) is 11.8. The van der Waals surface area contributed by atoms with Gasteiger partial charge in [-0.15, -0.1) is 11.3 Å². The average molecular weight is 325 g/mol. The molecule has 5 rings (SSSR count). The van der Waals surface area contributed by atoms with Crippen LogP contribution in [0.1, 0.15) is 5.69 Å². The molecule has 2 heteroatoms. The third-order valence-corrected chi connectivity index (χ3v) is 5.73. The highest BCUT2D eigenvalue weighted by atomic mass is 32.1. The molecule has 0 unspecified atom stereocenters. The van der Waals surface area contributed by atoms with Gasteiger partial charge in [0, 0.05) is 21.3 Å².